The van der Waals surface area contributed by atoms with Gasteiger partial charge in [-0.2, -0.15) is 0 Å². The maximum Gasteiger partial charge on any atom is 0.0786 e. The third kappa shape index (κ3) is 16.1. The van der Waals surface area contributed by atoms with Gasteiger partial charge in [0.15, 0.2) is 0 Å². The average molecular weight is 372 g/mol. The van der Waals surface area contributed by atoms with Crippen molar-refractivity contribution in [2.24, 2.45) is 0 Å². The normalized spacial score (nSPS) is 11.5. The summed E-state index contributed by atoms with van der Waals surface area (Å²) < 4.78 is 1.45. The van der Waals surface area contributed by atoms with Crippen LogP contribution in [-0.2, 0) is 0 Å². The zero-order chi connectivity index (χ0) is 18.6. The molecular formula is C24H53NO. The Morgan fingerprint density at radius 2 is 0.615 bits per heavy atom. The van der Waals surface area contributed by atoms with Crippen molar-refractivity contribution in [3.63, 3.8) is 0 Å². The number of nitrogens with zero attached hydrogens (tertiary/aromatic N) is 1. The Morgan fingerprint density at radius 3 is 0.962 bits per heavy atom. The second kappa shape index (κ2) is 21.2. The van der Waals surface area contributed by atoms with Gasteiger partial charge in [0.05, 0.1) is 26.2 Å². The van der Waals surface area contributed by atoms with Gasteiger partial charge in [0.25, 0.3) is 0 Å². The molecule has 0 aromatic carbocycles. The zero-order valence-electron chi connectivity index (χ0n) is 19.0. The van der Waals surface area contributed by atoms with Crippen molar-refractivity contribution in [3.8, 4) is 0 Å². The van der Waals surface area contributed by atoms with Crippen LogP contribution in [0.4, 0.5) is 0 Å². The van der Waals surface area contributed by atoms with Crippen molar-refractivity contribution in [2.45, 2.75) is 130 Å². The average Bonchev–Trinajstić information content (AvgIpc) is 2.63. The molecule has 0 fully saturated rings. The third-order valence-corrected chi connectivity index (χ3v) is 5.94. The van der Waals surface area contributed by atoms with E-state index in [1.807, 2.05) is 0 Å². The van der Waals surface area contributed by atoms with Crippen LogP contribution in [0.2, 0.25) is 0 Å². The second-order valence-corrected chi connectivity index (χ2v) is 8.48. The lowest BCUT2D eigenvalue weighted by atomic mass is 10.1. The molecule has 0 unspecified atom stereocenters. The molecule has 0 radical (unpaired) electrons. The van der Waals surface area contributed by atoms with Crippen LogP contribution in [0.3, 0.4) is 0 Å². The van der Waals surface area contributed by atoms with Crippen LogP contribution in [0.15, 0.2) is 0 Å². The molecule has 0 saturated heterocycles. The molecule has 0 rings (SSSR count). The first-order chi connectivity index (χ1) is 12.2. The van der Waals surface area contributed by atoms with Gasteiger partial charge < -0.3 is 9.96 Å². The summed E-state index contributed by atoms with van der Waals surface area (Å²) in [6.07, 6.45) is 22.9. The molecule has 0 saturated carbocycles. The first-order valence-corrected chi connectivity index (χ1v) is 12.1. The highest BCUT2D eigenvalue weighted by atomic mass is 16.0. The molecule has 2 heteroatoms. The van der Waals surface area contributed by atoms with Crippen LogP contribution >= 0.6 is 0 Å². The zero-order valence-corrected chi connectivity index (χ0v) is 19.0. The molecule has 0 aliphatic carbocycles. The fourth-order valence-electron chi connectivity index (χ4n) is 4.11. The maximum atomic E-state index is 2.37. The first kappa shape index (κ1) is 28.1. The van der Waals surface area contributed by atoms with Gasteiger partial charge in [0, 0.05) is 0 Å². The van der Waals surface area contributed by atoms with E-state index < -0.39 is 0 Å². The Morgan fingerprint density at radius 1 is 0.346 bits per heavy atom. The van der Waals surface area contributed by atoms with E-state index in [0.717, 1.165) is 0 Å². The monoisotopic (exact) mass is 371 g/mol. The second-order valence-electron chi connectivity index (χ2n) is 8.48. The summed E-state index contributed by atoms with van der Waals surface area (Å²) in [6.45, 7) is 15.2. The summed E-state index contributed by atoms with van der Waals surface area (Å²) in [5, 5.41) is 0. The van der Waals surface area contributed by atoms with Gasteiger partial charge in [-0.25, -0.2) is 0 Å². The van der Waals surface area contributed by atoms with Gasteiger partial charge >= 0.3 is 0 Å². The van der Waals surface area contributed by atoms with Crippen molar-refractivity contribution in [1.29, 1.82) is 0 Å². The van der Waals surface area contributed by atoms with Crippen LogP contribution in [0.25, 0.3) is 0 Å². The van der Waals surface area contributed by atoms with Crippen LogP contribution < -0.4 is 0 Å². The number of quaternary nitrogens is 1. The van der Waals surface area contributed by atoms with Crippen molar-refractivity contribution in [3.05, 3.63) is 0 Å². The lowest BCUT2D eigenvalue weighted by Crippen LogP contribution is -2.50. The Hall–Kier alpha value is -0.0800. The molecule has 0 bridgehead atoms. The van der Waals surface area contributed by atoms with Gasteiger partial charge in [-0.3, -0.25) is 0 Å². The molecule has 160 valence electrons. The van der Waals surface area contributed by atoms with Crippen LogP contribution in [-0.4, -0.2) is 36.1 Å². The SMILES string of the molecule is CCCCCCCC[N+](CCCC)(CCCC)CCCCCCCC.[OH-]. The quantitative estimate of drug-likeness (QED) is 0.158. The highest BCUT2D eigenvalue weighted by Gasteiger charge is 2.25. The maximum absolute atomic E-state index is 2.37. The number of hydrogen-bond acceptors (Lipinski definition) is 1. The van der Waals surface area contributed by atoms with E-state index in [2.05, 4.69) is 27.7 Å². The summed E-state index contributed by atoms with van der Waals surface area (Å²) in [5.74, 6) is 0. The molecular weight excluding hydrogens is 318 g/mol. The molecule has 0 amide bonds. The molecule has 0 spiro atoms. The molecule has 0 aliphatic rings. The molecule has 0 atom stereocenters. The Bertz CT molecular complexity index is 229. The minimum atomic E-state index is 0. The van der Waals surface area contributed by atoms with E-state index in [9.17, 15) is 0 Å². The largest absolute Gasteiger partial charge is 0.870 e. The van der Waals surface area contributed by atoms with E-state index in [1.165, 1.54) is 133 Å². The summed E-state index contributed by atoms with van der Waals surface area (Å²) in [6, 6.07) is 0. The Balaban J connectivity index is 0. The van der Waals surface area contributed by atoms with Gasteiger partial charge in [-0.1, -0.05) is 91.9 Å². The summed E-state index contributed by atoms with van der Waals surface area (Å²) >= 11 is 0. The van der Waals surface area contributed by atoms with Gasteiger partial charge in [-0.15, -0.1) is 0 Å². The van der Waals surface area contributed by atoms with E-state index in [0.29, 0.717) is 0 Å². The fraction of sp³-hybridized carbons (Fsp3) is 1.00. The van der Waals surface area contributed by atoms with Gasteiger partial charge in [-0.05, 0) is 38.5 Å². The van der Waals surface area contributed by atoms with Crippen molar-refractivity contribution in [1.82, 2.24) is 0 Å². The third-order valence-electron chi connectivity index (χ3n) is 5.94. The smallest absolute Gasteiger partial charge is 0.0786 e. The lowest BCUT2D eigenvalue weighted by molar-refractivity contribution is -0.929. The molecule has 0 aromatic rings. The summed E-state index contributed by atoms with van der Waals surface area (Å²) in [4.78, 5) is 0. The summed E-state index contributed by atoms with van der Waals surface area (Å²) in [7, 11) is 0. The van der Waals surface area contributed by atoms with Crippen LogP contribution in [0, 0.1) is 0 Å². The van der Waals surface area contributed by atoms with E-state index >= 15 is 0 Å². The molecule has 0 aliphatic heterocycles. The highest BCUT2D eigenvalue weighted by Crippen LogP contribution is 2.18. The molecule has 1 N–H and O–H groups in total. The minimum Gasteiger partial charge on any atom is -0.870 e. The fourth-order valence-corrected chi connectivity index (χ4v) is 4.11. The first-order valence-electron chi connectivity index (χ1n) is 12.1. The van der Waals surface area contributed by atoms with Crippen LogP contribution in [0.5, 0.6) is 0 Å². The van der Waals surface area contributed by atoms with Crippen molar-refractivity contribution in [2.75, 3.05) is 26.2 Å². The van der Waals surface area contributed by atoms with Crippen molar-refractivity contribution >= 4 is 0 Å². The number of unbranched alkanes of at least 4 members (excludes halogenated alkanes) is 12. The van der Waals surface area contributed by atoms with E-state index in [-0.39, 0.29) is 5.48 Å². The summed E-state index contributed by atoms with van der Waals surface area (Å²) in [5.41, 5.74) is 0. The topological polar surface area (TPSA) is 30.0 Å². The molecule has 26 heavy (non-hydrogen) atoms. The minimum absolute atomic E-state index is 0. The Labute approximate surface area is 167 Å². The molecule has 0 heterocycles. The molecule has 2 nitrogen and oxygen atoms in total. The lowest BCUT2D eigenvalue weighted by Gasteiger charge is -2.39. The van der Waals surface area contributed by atoms with Gasteiger partial charge in [0.1, 0.15) is 0 Å². The standard InChI is InChI=1S/C24H52N.H2O/c1-5-9-13-15-17-19-23-25(21-11-7-3,22-12-8-4)24-20-18-16-14-10-6-2;/h5-24H2,1-4H3;1H2/q+1;/p-1. The highest BCUT2D eigenvalue weighted by molar-refractivity contribution is 4.52. The van der Waals surface area contributed by atoms with E-state index in [4.69, 9.17) is 0 Å². The van der Waals surface area contributed by atoms with Gasteiger partial charge in [0.2, 0.25) is 0 Å². The predicted octanol–water partition coefficient (Wildman–Crippen LogP) is 7.95. The molecule has 0 aromatic heterocycles. The van der Waals surface area contributed by atoms with Crippen LogP contribution in [0.1, 0.15) is 130 Å². The van der Waals surface area contributed by atoms with E-state index in [1.54, 1.807) is 0 Å². The number of rotatable bonds is 20. The number of hydrogen-bond donors (Lipinski definition) is 0. The predicted molar refractivity (Wildman–Crippen MR) is 118 cm³/mol. The van der Waals surface area contributed by atoms with Crippen molar-refractivity contribution < 1.29 is 9.96 Å². The Kier molecular flexibility index (Phi) is 23.0.